The highest BCUT2D eigenvalue weighted by Gasteiger charge is 2.12. The number of benzene rings is 1. The van der Waals surface area contributed by atoms with Gasteiger partial charge in [0.2, 0.25) is 0 Å². The van der Waals surface area contributed by atoms with Crippen LogP contribution < -0.4 is 0 Å². The lowest BCUT2D eigenvalue weighted by Gasteiger charge is -2.11. The van der Waals surface area contributed by atoms with Crippen LogP contribution in [-0.4, -0.2) is 0 Å². The summed E-state index contributed by atoms with van der Waals surface area (Å²) < 4.78 is 1.14. The maximum absolute atomic E-state index is 6.47. The molecule has 1 unspecified atom stereocenters. The molecule has 0 spiro atoms. The molecule has 0 bridgehead atoms. The van der Waals surface area contributed by atoms with Crippen LogP contribution in [0.25, 0.3) is 0 Å². The first-order valence-electron chi connectivity index (χ1n) is 5.51. The van der Waals surface area contributed by atoms with Crippen molar-refractivity contribution >= 4 is 38.9 Å². The number of hydrogen-bond donors (Lipinski definition) is 0. The second-order valence-corrected chi connectivity index (χ2v) is 7.26. The van der Waals surface area contributed by atoms with Crippen LogP contribution in [-0.2, 0) is 6.42 Å². The molecule has 2 aromatic rings. The standard InChI is InChI=1S/C14H14BrClS/c1-9-3-4-10(2)11(7-9)8-12(16)13-5-6-14(15)17-13/h3-7,12H,8H2,1-2H3. The smallest absolute Gasteiger partial charge is 0.0719 e. The van der Waals surface area contributed by atoms with Crippen LogP contribution in [0.5, 0.6) is 0 Å². The molecule has 0 fully saturated rings. The van der Waals surface area contributed by atoms with Gasteiger partial charge >= 0.3 is 0 Å². The topological polar surface area (TPSA) is 0 Å². The highest BCUT2D eigenvalue weighted by Crippen LogP contribution is 2.33. The van der Waals surface area contributed by atoms with Gasteiger partial charge in [0.15, 0.2) is 0 Å². The van der Waals surface area contributed by atoms with E-state index < -0.39 is 0 Å². The molecule has 0 saturated heterocycles. The number of aryl methyl sites for hydroxylation is 2. The van der Waals surface area contributed by atoms with Gasteiger partial charge in [0.1, 0.15) is 0 Å². The summed E-state index contributed by atoms with van der Waals surface area (Å²) in [6.45, 7) is 4.26. The molecule has 0 amide bonds. The molecule has 1 aromatic heterocycles. The van der Waals surface area contributed by atoms with Gasteiger partial charge in [-0.2, -0.15) is 0 Å². The van der Waals surface area contributed by atoms with E-state index >= 15 is 0 Å². The molecule has 17 heavy (non-hydrogen) atoms. The van der Waals surface area contributed by atoms with Crippen LogP contribution in [0, 0.1) is 13.8 Å². The molecule has 1 aromatic carbocycles. The molecule has 0 nitrogen and oxygen atoms in total. The Kier molecular flexibility index (Phi) is 4.29. The zero-order valence-electron chi connectivity index (χ0n) is 9.84. The Morgan fingerprint density at radius 2 is 2.00 bits per heavy atom. The lowest BCUT2D eigenvalue weighted by Crippen LogP contribution is -1.96. The zero-order valence-corrected chi connectivity index (χ0v) is 13.0. The fraction of sp³-hybridized carbons (Fsp3) is 0.286. The van der Waals surface area contributed by atoms with Gasteiger partial charge in [0, 0.05) is 4.88 Å². The quantitative estimate of drug-likeness (QED) is 0.638. The summed E-state index contributed by atoms with van der Waals surface area (Å²) in [6.07, 6.45) is 0.891. The van der Waals surface area contributed by atoms with Gasteiger partial charge in [-0.25, -0.2) is 0 Å². The van der Waals surface area contributed by atoms with Crippen molar-refractivity contribution in [1.82, 2.24) is 0 Å². The Balaban J connectivity index is 2.18. The molecular weight excluding hydrogens is 316 g/mol. The van der Waals surface area contributed by atoms with E-state index in [1.807, 2.05) is 0 Å². The van der Waals surface area contributed by atoms with E-state index in [0.717, 1.165) is 10.2 Å². The Labute approximate surface area is 120 Å². The van der Waals surface area contributed by atoms with Crippen molar-refractivity contribution in [2.75, 3.05) is 0 Å². The minimum absolute atomic E-state index is 0.0619. The van der Waals surface area contributed by atoms with Crippen molar-refractivity contribution in [3.63, 3.8) is 0 Å². The van der Waals surface area contributed by atoms with Crippen molar-refractivity contribution in [3.8, 4) is 0 Å². The Bertz CT molecular complexity index is 519. The molecule has 0 aliphatic rings. The van der Waals surface area contributed by atoms with Gasteiger partial charge in [-0.1, -0.05) is 23.8 Å². The number of thiophene rings is 1. The molecule has 0 aliphatic heterocycles. The van der Waals surface area contributed by atoms with Crippen molar-refractivity contribution < 1.29 is 0 Å². The number of hydrogen-bond acceptors (Lipinski definition) is 1. The van der Waals surface area contributed by atoms with Crippen molar-refractivity contribution in [3.05, 3.63) is 55.7 Å². The molecule has 1 atom stereocenters. The molecule has 0 saturated carbocycles. The van der Waals surface area contributed by atoms with E-state index in [-0.39, 0.29) is 5.38 Å². The fourth-order valence-electron chi connectivity index (χ4n) is 1.81. The van der Waals surface area contributed by atoms with Crippen molar-refractivity contribution in [2.24, 2.45) is 0 Å². The lowest BCUT2D eigenvalue weighted by atomic mass is 10.0. The van der Waals surface area contributed by atoms with E-state index in [2.05, 4.69) is 60.1 Å². The van der Waals surface area contributed by atoms with E-state index in [4.69, 9.17) is 11.6 Å². The fourth-order valence-corrected chi connectivity index (χ4v) is 3.58. The first kappa shape index (κ1) is 13.1. The first-order valence-corrected chi connectivity index (χ1v) is 7.56. The zero-order chi connectivity index (χ0) is 12.4. The third kappa shape index (κ3) is 3.34. The summed E-state index contributed by atoms with van der Waals surface area (Å²) in [5, 5.41) is 0.0619. The van der Waals surface area contributed by atoms with Crippen LogP contribution in [0.15, 0.2) is 34.1 Å². The maximum Gasteiger partial charge on any atom is 0.0719 e. The Hall–Kier alpha value is -0.310. The van der Waals surface area contributed by atoms with Crippen LogP contribution in [0.2, 0.25) is 0 Å². The highest BCUT2D eigenvalue weighted by atomic mass is 79.9. The minimum Gasteiger partial charge on any atom is -0.132 e. The van der Waals surface area contributed by atoms with Gasteiger partial charge in [0.05, 0.1) is 9.16 Å². The summed E-state index contributed by atoms with van der Waals surface area (Å²) >= 11 is 11.6. The SMILES string of the molecule is Cc1ccc(C)c(CC(Cl)c2ccc(Br)s2)c1. The first-order chi connectivity index (χ1) is 8.06. The lowest BCUT2D eigenvalue weighted by molar-refractivity contribution is 0.927. The van der Waals surface area contributed by atoms with Crippen molar-refractivity contribution in [1.29, 1.82) is 0 Å². The van der Waals surface area contributed by atoms with Crippen LogP contribution in [0.3, 0.4) is 0 Å². The summed E-state index contributed by atoms with van der Waals surface area (Å²) in [5.74, 6) is 0. The van der Waals surface area contributed by atoms with Gasteiger partial charge < -0.3 is 0 Å². The maximum atomic E-state index is 6.47. The molecular formula is C14H14BrClS. The molecule has 3 heteroatoms. The Morgan fingerprint density at radius 3 is 2.65 bits per heavy atom. The van der Waals surface area contributed by atoms with Crippen LogP contribution >= 0.6 is 38.9 Å². The van der Waals surface area contributed by atoms with Gasteiger partial charge in [0.25, 0.3) is 0 Å². The van der Waals surface area contributed by atoms with E-state index in [1.165, 1.54) is 21.6 Å². The van der Waals surface area contributed by atoms with Crippen molar-refractivity contribution in [2.45, 2.75) is 25.6 Å². The Morgan fingerprint density at radius 1 is 1.24 bits per heavy atom. The van der Waals surface area contributed by atoms with E-state index in [1.54, 1.807) is 11.3 Å². The second-order valence-electron chi connectivity index (χ2n) is 4.24. The summed E-state index contributed by atoms with van der Waals surface area (Å²) in [6, 6.07) is 10.7. The number of halogens is 2. The summed E-state index contributed by atoms with van der Waals surface area (Å²) in [4.78, 5) is 1.22. The van der Waals surface area contributed by atoms with Gasteiger partial charge in [-0.3, -0.25) is 0 Å². The summed E-state index contributed by atoms with van der Waals surface area (Å²) in [7, 11) is 0. The number of rotatable bonds is 3. The molecule has 0 aliphatic carbocycles. The predicted molar refractivity (Wildman–Crippen MR) is 80.2 cm³/mol. The summed E-state index contributed by atoms with van der Waals surface area (Å²) in [5.41, 5.74) is 3.95. The minimum atomic E-state index is 0.0619. The second kappa shape index (κ2) is 5.55. The molecule has 2 rings (SSSR count). The van der Waals surface area contributed by atoms with E-state index in [0.29, 0.717) is 0 Å². The van der Waals surface area contributed by atoms with Crippen LogP contribution in [0.1, 0.15) is 26.9 Å². The monoisotopic (exact) mass is 328 g/mol. The normalized spacial score (nSPS) is 12.7. The molecule has 0 N–H and O–H groups in total. The highest BCUT2D eigenvalue weighted by molar-refractivity contribution is 9.11. The predicted octanol–water partition coefficient (Wildman–Crippen LogP) is 5.65. The van der Waals surface area contributed by atoms with Gasteiger partial charge in [-0.15, -0.1) is 22.9 Å². The molecule has 0 radical (unpaired) electrons. The average Bonchev–Trinajstić information content (AvgIpc) is 2.70. The largest absolute Gasteiger partial charge is 0.132 e. The third-order valence-electron chi connectivity index (χ3n) is 2.81. The van der Waals surface area contributed by atoms with Crippen LogP contribution in [0.4, 0.5) is 0 Å². The number of alkyl halides is 1. The third-order valence-corrected chi connectivity index (χ3v) is 5.06. The molecule has 1 heterocycles. The molecule has 90 valence electrons. The van der Waals surface area contributed by atoms with E-state index in [9.17, 15) is 0 Å². The average molecular weight is 330 g/mol. The van der Waals surface area contributed by atoms with Gasteiger partial charge in [-0.05, 0) is 59.5 Å².